The Bertz CT molecular complexity index is 172. The summed E-state index contributed by atoms with van der Waals surface area (Å²) in [5, 5.41) is 10.2. The van der Waals surface area contributed by atoms with E-state index in [1.165, 1.54) is 0 Å². The van der Waals surface area contributed by atoms with Crippen LogP contribution in [0.5, 0.6) is 0 Å². The first kappa shape index (κ1) is 10.5. The highest BCUT2D eigenvalue weighted by molar-refractivity contribution is 5.76. The minimum Gasteiger partial charge on any atom is -0.380 e. The summed E-state index contributed by atoms with van der Waals surface area (Å²) in [6.45, 7) is 1.30. The molecule has 4 nitrogen and oxygen atoms in total. The van der Waals surface area contributed by atoms with Crippen LogP contribution in [0.2, 0.25) is 0 Å². The summed E-state index contributed by atoms with van der Waals surface area (Å²) in [4.78, 5) is 13.2. The smallest absolute Gasteiger partial charge is 0.222 e. The van der Waals surface area contributed by atoms with Gasteiger partial charge >= 0.3 is 0 Å². The number of nitrogens with zero attached hydrogens (tertiary/aromatic N) is 1. The molecule has 1 amide bonds. The van der Waals surface area contributed by atoms with E-state index >= 15 is 0 Å². The molecular formula is C9H16NO3. The van der Waals surface area contributed by atoms with Gasteiger partial charge in [-0.1, -0.05) is 0 Å². The van der Waals surface area contributed by atoms with Crippen molar-refractivity contribution in [1.29, 1.82) is 0 Å². The Morgan fingerprint density at radius 1 is 1.62 bits per heavy atom. The van der Waals surface area contributed by atoms with Gasteiger partial charge in [-0.3, -0.25) is 4.79 Å². The van der Waals surface area contributed by atoms with Crippen molar-refractivity contribution in [1.82, 2.24) is 4.90 Å². The maximum Gasteiger partial charge on any atom is 0.222 e. The fourth-order valence-electron chi connectivity index (χ4n) is 1.53. The lowest BCUT2D eigenvalue weighted by molar-refractivity contribution is -0.130. The molecule has 1 heterocycles. The van der Waals surface area contributed by atoms with E-state index < -0.39 is 0 Å². The average Bonchev–Trinajstić information content (AvgIpc) is 2.62. The van der Waals surface area contributed by atoms with E-state index in [2.05, 4.69) is 0 Å². The Labute approximate surface area is 78.5 Å². The van der Waals surface area contributed by atoms with Gasteiger partial charge in [0.15, 0.2) is 0 Å². The number of likely N-dealkylation sites (tertiary alicyclic amines) is 1. The lowest BCUT2D eigenvalue weighted by Gasteiger charge is -2.15. The number of hydrogen-bond donors (Lipinski definition) is 0. The molecule has 0 aromatic carbocycles. The second kappa shape index (κ2) is 5.19. The van der Waals surface area contributed by atoms with Crippen molar-refractivity contribution < 1.29 is 14.6 Å². The van der Waals surface area contributed by atoms with Gasteiger partial charge in [-0.2, -0.15) is 0 Å². The Balaban J connectivity index is 2.25. The fraction of sp³-hybridized carbons (Fsp3) is 0.889. The van der Waals surface area contributed by atoms with E-state index in [1.54, 1.807) is 12.0 Å². The number of carbonyl (C=O) groups is 1. The highest BCUT2D eigenvalue weighted by atomic mass is 16.5. The Kier molecular flexibility index (Phi) is 4.18. The van der Waals surface area contributed by atoms with Crippen LogP contribution in [0.15, 0.2) is 0 Å². The lowest BCUT2D eigenvalue weighted by Crippen LogP contribution is -2.29. The van der Waals surface area contributed by atoms with Crippen LogP contribution in [-0.4, -0.2) is 43.7 Å². The molecule has 1 atom stereocenters. The molecule has 1 aliphatic rings. The van der Waals surface area contributed by atoms with Crippen LogP contribution in [0.25, 0.3) is 0 Å². The zero-order valence-corrected chi connectivity index (χ0v) is 7.99. The van der Waals surface area contributed by atoms with Crippen LogP contribution >= 0.6 is 0 Å². The Morgan fingerprint density at radius 3 is 2.92 bits per heavy atom. The molecule has 0 saturated carbocycles. The van der Waals surface area contributed by atoms with E-state index in [-0.39, 0.29) is 18.6 Å². The second-order valence-corrected chi connectivity index (χ2v) is 3.29. The first-order valence-corrected chi connectivity index (χ1v) is 4.66. The van der Waals surface area contributed by atoms with Crippen molar-refractivity contribution >= 4 is 5.91 Å². The fourth-order valence-corrected chi connectivity index (χ4v) is 1.53. The normalized spacial score (nSPS) is 22.3. The van der Waals surface area contributed by atoms with E-state index in [9.17, 15) is 9.90 Å². The van der Waals surface area contributed by atoms with Crippen LogP contribution < -0.4 is 0 Å². The SMILES string of the molecule is COC1CCN(C(=O)CCC[O])C1. The standard InChI is InChI=1S/C9H16NO3/c1-13-8-4-5-10(7-8)9(12)3-2-6-11/h8H,2-7H2,1H3. The number of amides is 1. The summed E-state index contributed by atoms with van der Waals surface area (Å²) < 4.78 is 5.14. The average molecular weight is 186 g/mol. The predicted octanol–water partition coefficient (Wildman–Crippen LogP) is 0.444. The minimum atomic E-state index is -0.159. The number of carbonyl (C=O) groups excluding carboxylic acids is 1. The molecule has 13 heavy (non-hydrogen) atoms. The van der Waals surface area contributed by atoms with Gasteiger partial charge in [0.05, 0.1) is 12.7 Å². The molecule has 4 heteroatoms. The van der Waals surface area contributed by atoms with Crippen molar-refractivity contribution in [2.24, 2.45) is 0 Å². The van der Waals surface area contributed by atoms with E-state index in [0.717, 1.165) is 13.0 Å². The van der Waals surface area contributed by atoms with Gasteiger partial charge < -0.3 is 9.64 Å². The molecule has 0 N–H and O–H groups in total. The van der Waals surface area contributed by atoms with Crippen LogP contribution in [0.4, 0.5) is 0 Å². The van der Waals surface area contributed by atoms with Gasteiger partial charge in [0.25, 0.3) is 0 Å². The summed E-state index contributed by atoms with van der Waals surface area (Å²) in [7, 11) is 1.66. The Hall–Kier alpha value is -0.610. The third-order valence-corrected chi connectivity index (χ3v) is 2.37. The van der Waals surface area contributed by atoms with Crippen molar-refractivity contribution in [3.05, 3.63) is 0 Å². The molecule has 0 aromatic heterocycles. The molecular weight excluding hydrogens is 170 g/mol. The molecule has 0 spiro atoms. The number of rotatable bonds is 4. The zero-order valence-electron chi connectivity index (χ0n) is 7.99. The molecule has 1 unspecified atom stereocenters. The molecule has 0 aromatic rings. The summed E-state index contributed by atoms with van der Waals surface area (Å²) >= 11 is 0. The van der Waals surface area contributed by atoms with Gasteiger partial charge in [0.1, 0.15) is 0 Å². The largest absolute Gasteiger partial charge is 0.380 e. The van der Waals surface area contributed by atoms with Gasteiger partial charge in [0, 0.05) is 26.6 Å². The van der Waals surface area contributed by atoms with Crippen LogP contribution in [0, 0.1) is 0 Å². The van der Waals surface area contributed by atoms with E-state index in [4.69, 9.17) is 4.74 Å². The third kappa shape index (κ3) is 2.97. The first-order chi connectivity index (χ1) is 6.27. The number of hydrogen-bond acceptors (Lipinski definition) is 2. The van der Waals surface area contributed by atoms with Gasteiger partial charge in [-0.15, -0.1) is 0 Å². The van der Waals surface area contributed by atoms with Gasteiger partial charge in [-0.25, -0.2) is 5.11 Å². The molecule has 0 bridgehead atoms. The Morgan fingerprint density at radius 2 is 2.38 bits per heavy atom. The van der Waals surface area contributed by atoms with Crippen molar-refractivity contribution in [2.45, 2.75) is 25.4 Å². The predicted molar refractivity (Wildman–Crippen MR) is 46.8 cm³/mol. The summed E-state index contributed by atoms with van der Waals surface area (Å²) in [5.74, 6) is 0.0930. The maximum absolute atomic E-state index is 11.4. The molecule has 75 valence electrons. The molecule has 1 fully saturated rings. The van der Waals surface area contributed by atoms with E-state index in [1.807, 2.05) is 0 Å². The van der Waals surface area contributed by atoms with Crippen LogP contribution in [0.1, 0.15) is 19.3 Å². The highest BCUT2D eigenvalue weighted by Crippen LogP contribution is 2.13. The first-order valence-electron chi connectivity index (χ1n) is 4.66. The third-order valence-electron chi connectivity index (χ3n) is 2.37. The van der Waals surface area contributed by atoms with Crippen LogP contribution in [-0.2, 0) is 14.6 Å². The van der Waals surface area contributed by atoms with Crippen LogP contribution in [0.3, 0.4) is 0 Å². The highest BCUT2D eigenvalue weighted by Gasteiger charge is 2.25. The summed E-state index contributed by atoms with van der Waals surface area (Å²) in [5.41, 5.74) is 0. The lowest BCUT2D eigenvalue weighted by atomic mass is 10.3. The van der Waals surface area contributed by atoms with Crippen molar-refractivity contribution in [3.8, 4) is 0 Å². The van der Waals surface area contributed by atoms with E-state index in [0.29, 0.717) is 19.4 Å². The second-order valence-electron chi connectivity index (χ2n) is 3.29. The maximum atomic E-state index is 11.4. The number of methoxy groups -OCH3 is 1. The van der Waals surface area contributed by atoms with Gasteiger partial charge in [-0.05, 0) is 12.8 Å². The topological polar surface area (TPSA) is 49.4 Å². The molecule has 1 saturated heterocycles. The van der Waals surface area contributed by atoms with Gasteiger partial charge in [0.2, 0.25) is 5.91 Å². The summed E-state index contributed by atoms with van der Waals surface area (Å²) in [6.07, 6.45) is 1.95. The molecule has 1 aliphatic heterocycles. The quantitative estimate of drug-likeness (QED) is 0.639. The monoisotopic (exact) mass is 186 g/mol. The van der Waals surface area contributed by atoms with Crippen molar-refractivity contribution in [2.75, 3.05) is 26.8 Å². The van der Waals surface area contributed by atoms with Crippen molar-refractivity contribution in [3.63, 3.8) is 0 Å². The number of ether oxygens (including phenoxy) is 1. The minimum absolute atomic E-state index is 0.0930. The molecule has 1 rings (SSSR count). The summed E-state index contributed by atoms with van der Waals surface area (Å²) in [6, 6.07) is 0. The molecule has 0 aliphatic carbocycles. The zero-order chi connectivity index (χ0) is 9.68. The molecule has 1 radical (unpaired) electrons.